The molecule has 1 aromatic heterocycles. The fourth-order valence-electron chi connectivity index (χ4n) is 2.88. The SMILES string of the molecule is CCOC1CC(CC(=O)c2cc3cc(C)ccc3o2)C1. The van der Waals surface area contributed by atoms with Crippen LogP contribution in [-0.2, 0) is 4.74 Å². The van der Waals surface area contributed by atoms with E-state index in [2.05, 4.69) is 0 Å². The molecular weight excluding hydrogens is 252 g/mol. The monoisotopic (exact) mass is 272 g/mol. The normalized spacial score (nSPS) is 21.9. The standard InChI is InChI=1S/C17H20O3/c1-3-19-14-7-12(8-14)9-15(18)17-10-13-6-11(2)4-5-16(13)20-17/h4-6,10,12,14H,3,7-9H2,1-2H3. The lowest BCUT2D eigenvalue weighted by Crippen LogP contribution is -2.32. The summed E-state index contributed by atoms with van der Waals surface area (Å²) in [5, 5.41) is 1.01. The van der Waals surface area contributed by atoms with Crippen LogP contribution in [0, 0.1) is 12.8 Å². The summed E-state index contributed by atoms with van der Waals surface area (Å²) in [5.74, 6) is 1.05. The van der Waals surface area contributed by atoms with E-state index in [0.29, 0.717) is 24.2 Å². The fraction of sp³-hybridized carbons (Fsp3) is 0.471. The second-order valence-corrected chi connectivity index (χ2v) is 5.69. The summed E-state index contributed by atoms with van der Waals surface area (Å²) in [5.41, 5.74) is 1.97. The molecule has 3 heteroatoms. The molecule has 1 aliphatic rings. The zero-order valence-corrected chi connectivity index (χ0v) is 12.0. The smallest absolute Gasteiger partial charge is 0.198 e. The molecule has 0 aliphatic heterocycles. The van der Waals surface area contributed by atoms with Crippen molar-refractivity contribution in [1.29, 1.82) is 0 Å². The third kappa shape index (κ3) is 2.63. The van der Waals surface area contributed by atoms with E-state index in [9.17, 15) is 4.79 Å². The number of aryl methyl sites for hydroxylation is 1. The van der Waals surface area contributed by atoms with Gasteiger partial charge >= 0.3 is 0 Å². The highest BCUT2D eigenvalue weighted by atomic mass is 16.5. The van der Waals surface area contributed by atoms with Crippen molar-refractivity contribution in [2.45, 2.75) is 39.2 Å². The molecule has 106 valence electrons. The number of fused-ring (bicyclic) bond motifs is 1. The van der Waals surface area contributed by atoms with Gasteiger partial charge in [-0.15, -0.1) is 0 Å². The number of hydrogen-bond acceptors (Lipinski definition) is 3. The Hall–Kier alpha value is -1.61. The van der Waals surface area contributed by atoms with Crippen molar-refractivity contribution >= 4 is 16.8 Å². The first-order valence-electron chi connectivity index (χ1n) is 7.30. The highest BCUT2D eigenvalue weighted by molar-refractivity contribution is 5.97. The third-order valence-electron chi connectivity index (χ3n) is 4.02. The van der Waals surface area contributed by atoms with E-state index in [4.69, 9.17) is 9.15 Å². The molecule has 2 aromatic rings. The average molecular weight is 272 g/mol. The van der Waals surface area contributed by atoms with Gasteiger partial charge in [-0.1, -0.05) is 11.6 Å². The van der Waals surface area contributed by atoms with Crippen LogP contribution in [0.25, 0.3) is 11.0 Å². The number of carbonyl (C=O) groups excluding carboxylic acids is 1. The van der Waals surface area contributed by atoms with Crippen LogP contribution in [0.1, 0.15) is 42.3 Å². The zero-order chi connectivity index (χ0) is 14.1. The first-order valence-corrected chi connectivity index (χ1v) is 7.30. The van der Waals surface area contributed by atoms with Crippen molar-refractivity contribution in [3.05, 3.63) is 35.6 Å². The molecule has 0 saturated heterocycles. The van der Waals surface area contributed by atoms with Gasteiger partial charge in [0.1, 0.15) is 5.58 Å². The maximum absolute atomic E-state index is 12.2. The quantitative estimate of drug-likeness (QED) is 0.768. The fourth-order valence-corrected chi connectivity index (χ4v) is 2.88. The van der Waals surface area contributed by atoms with Crippen molar-refractivity contribution < 1.29 is 13.9 Å². The number of hydrogen-bond donors (Lipinski definition) is 0. The number of rotatable bonds is 5. The summed E-state index contributed by atoms with van der Waals surface area (Å²) in [4.78, 5) is 12.2. The molecule has 20 heavy (non-hydrogen) atoms. The molecule has 0 N–H and O–H groups in total. The molecule has 0 amide bonds. The summed E-state index contributed by atoms with van der Waals surface area (Å²) >= 11 is 0. The molecule has 1 heterocycles. The molecule has 1 aliphatic carbocycles. The molecular formula is C17H20O3. The minimum Gasteiger partial charge on any atom is -0.453 e. The lowest BCUT2D eigenvalue weighted by Gasteiger charge is -2.34. The first-order chi connectivity index (χ1) is 9.65. The third-order valence-corrected chi connectivity index (χ3v) is 4.02. The first kappa shape index (κ1) is 13.4. The summed E-state index contributed by atoms with van der Waals surface area (Å²) in [6, 6.07) is 7.84. The Labute approximate surface area is 118 Å². The van der Waals surface area contributed by atoms with Crippen molar-refractivity contribution in [2.24, 2.45) is 5.92 Å². The number of ketones is 1. The Balaban J connectivity index is 1.64. The second kappa shape index (κ2) is 5.41. The Morgan fingerprint density at radius 2 is 2.15 bits per heavy atom. The maximum atomic E-state index is 12.2. The lowest BCUT2D eigenvalue weighted by molar-refractivity contribution is -0.0247. The van der Waals surface area contributed by atoms with Crippen LogP contribution in [-0.4, -0.2) is 18.5 Å². The Morgan fingerprint density at radius 3 is 2.90 bits per heavy atom. The van der Waals surface area contributed by atoms with Gasteiger partial charge in [0, 0.05) is 18.4 Å². The topological polar surface area (TPSA) is 39.4 Å². The van der Waals surface area contributed by atoms with Gasteiger partial charge in [0.05, 0.1) is 6.10 Å². The van der Waals surface area contributed by atoms with Gasteiger partial charge in [0.25, 0.3) is 0 Å². The lowest BCUT2D eigenvalue weighted by atomic mass is 9.79. The number of benzene rings is 1. The van der Waals surface area contributed by atoms with Crippen molar-refractivity contribution in [3.63, 3.8) is 0 Å². The van der Waals surface area contributed by atoms with Crippen molar-refractivity contribution in [3.8, 4) is 0 Å². The highest BCUT2D eigenvalue weighted by Gasteiger charge is 2.31. The van der Waals surface area contributed by atoms with Gasteiger partial charge in [-0.25, -0.2) is 0 Å². The molecule has 0 atom stereocenters. The Bertz CT molecular complexity index is 620. The van der Waals surface area contributed by atoms with E-state index in [1.54, 1.807) is 0 Å². The van der Waals surface area contributed by atoms with E-state index in [1.807, 2.05) is 38.1 Å². The number of furan rings is 1. The molecule has 0 spiro atoms. The van der Waals surface area contributed by atoms with Gasteiger partial charge in [-0.3, -0.25) is 4.79 Å². The molecule has 1 saturated carbocycles. The molecule has 1 fully saturated rings. The van der Waals surface area contributed by atoms with E-state index in [0.717, 1.165) is 30.4 Å². The van der Waals surface area contributed by atoms with Crippen LogP contribution in [0.5, 0.6) is 0 Å². The van der Waals surface area contributed by atoms with Gasteiger partial charge in [-0.05, 0) is 50.8 Å². The van der Waals surface area contributed by atoms with E-state index < -0.39 is 0 Å². The van der Waals surface area contributed by atoms with E-state index in [-0.39, 0.29) is 5.78 Å². The van der Waals surface area contributed by atoms with Gasteiger partial charge in [0.15, 0.2) is 11.5 Å². The Kier molecular flexibility index (Phi) is 3.62. The van der Waals surface area contributed by atoms with Crippen LogP contribution in [0.2, 0.25) is 0 Å². The molecule has 3 nitrogen and oxygen atoms in total. The number of ether oxygens (including phenoxy) is 1. The number of Topliss-reactive ketones (excluding diaryl/α,β-unsaturated/α-hetero) is 1. The molecule has 0 radical (unpaired) electrons. The van der Waals surface area contributed by atoms with Crippen LogP contribution >= 0.6 is 0 Å². The minimum atomic E-state index is 0.110. The van der Waals surface area contributed by atoms with Crippen molar-refractivity contribution in [2.75, 3.05) is 6.61 Å². The van der Waals surface area contributed by atoms with Gasteiger partial charge in [0.2, 0.25) is 0 Å². The molecule has 1 aromatic carbocycles. The maximum Gasteiger partial charge on any atom is 0.198 e. The van der Waals surface area contributed by atoms with Crippen LogP contribution in [0.3, 0.4) is 0 Å². The summed E-state index contributed by atoms with van der Waals surface area (Å²) in [6.45, 7) is 4.80. The highest BCUT2D eigenvalue weighted by Crippen LogP contribution is 2.34. The summed E-state index contributed by atoms with van der Waals surface area (Å²) in [7, 11) is 0. The summed E-state index contributed by atoms with van der Waals surface area (Å²) in [6.07, 6.45) is 2.93. The second-order valence-electron chi connectivity index (χ2n) is 5.69. The van der Waals surface area contributed by atoms with E-state index >= 15 is 0 Å². The average Bonchev–Trinajstić information content (AvgIpc) is 2.79. The van der Waals surface area contributed by atoms with Crippen LogP contribution in [0.15, 0.2) is 28.7 Å². The minimum absolute atomic E-state index is 0.110. The predicted octanol–water partition coefficient (Wildman–Crippen LogP) is 4.13. The number of carbonyl (C=O) groups is 1. The van der Waals surface area contributed by atoms with Crippen LogP contribution < -0.4 is 0 Å². The van der Waals surface area contributed by atoms with Crippen LogP contribution in [0.4, 0.5) is 0 Å². The van der Waals surface area contributed by atoms with E-state index in [1.165, 1.54) is 5.56 Å². The van der Waals surface area contributed by atoms with Gasteiger partial charge < -0.3 is 9.15 Å². The molecule has 3 rings (SSSR count). The van der Waals surface area contributed by atoms with Crippen molar-refractivity contribution in [1.82, 2.24) is 0 Å². The predicted molar refractivity (Wildman–Crippen MR) is 78.0 cm³/mol. The summed E-state index contributed by atoms with van der Waals surface area (Å²) < 4.78 is 11.2. The Morgan fingerprint density at radius 1 is 1.35 bits per heavy atom. The zero-order valence-electron chi connectivity index (χ0n) is 12.0. The van der Waals surface area contributed by atoms with Gasteiger partial charge in [-0.2, -0.15) is 0 Å². The molecule has 0 bridgehead atoms. The molecule has 0 unspecified atom stereocenters. The largest absolute Gasteiger partial charge is 0.453 e.